The van der Waals surface area contributed by atoms with Crippen molar-refractivity contribution in [3.8, 4) is 5.75 Å². The number of carbonyl (C=O) groups is 1. The summed E-state index contributed by atoms with van der Waals surface area (Å²) in [7, 11) is 0. The Hall–Kier alpha value is -2.33. The molecule has 4 nitrogen and oxygen atoms in total. The fourth-order valence-corrected chi connectivity index (χ4v) is 3.19. The van der Waals surface area contributed by atoms with Crippen LogP contribution >= 0.6 is 0 Å². The third kappa shape index (κ3) is 4.83. The standard InChI is InChI=1S/C21H26N2O2/c1-16-7-9-18(10-8-16)25-19-11-13-23(14-12-19)21(24)20(22)15-17-5-3-2-4-6-17/h2-10,19-20H,11-15,22H2,1H3/t20-/m0/s1. The van der Waals surface area contributed by atoms with Gasteiger partial charge < -0.3 is 15.4 Å². The van der Waals surface area contributed by atoms with Gasteiger partial charge in [0, 0.05) is 25.9 Å². The van der Waals surface area contributed by atoms with Gasteiger partial charge in [-0.15, -0.1) is 0 Å². The highest BCUT2D eigenvalue weighted by atomic mass is 16.5. The van der Waals surface area contributed by atoms with Gasteiger partial charge in [0.1, 0.15) is 11.9 Å². The molecule has 1 aliphatic heterocycles. The Morgan fingerprint density at radius 3 is 2.40 bits per heavy atom. The molecule has 2 aromatic rings. The monoisotopic (exact) mass is 338 g/mol. The topological polar surface area (TPSA) is 55.6 Å². The minimum Gasteiger partial charge on any atom is -0.490 e. The molecule has 0 aliphatic carbocycles. The number of piperidine rings is 1. The first-order valence-electron chi connectivity index (χ1n) is 8.93. The second-order valence-electron chi connectivity index (χ2n) is 6.75. The molecular weight excluding hydrogens is 312 g/mol. The van der Waals surface area contributed by atoms with E-state index < -0.39 is 6.04 Å². The molecule has 1 aliphatic rings. The van der Waals surface area contributed by atoms with Crippen LogP contribution in [-0.4, -0.2) is 36.0 Å². The molecule has 0 bridgehead atoms. The number of nitrogens with two attached hydrogens (primary N) is 1. The lowest BCUT2D eigenvalue weighted by atomic mass is 10.0. The first-order chi connectivity index (χ1) is 12.1. The van der Waals surface area contributed by atoms with Crippen LogP contribution in [0.2, 0.25) is 0 Å². The van der Waals surface area contributed by atoms with E-state index in [0.717, 1.165) is 24.2 Å². The summed E-state index contributed by atoms with van der Waals surface area (Å²) in [5.41, 5.74) is 8.45. The van der Waals surface area contributed by atoms with Gasteiger partial charge in [-0.25, -0.2) is 0 Å². The minimum atomic E-state index is -0.475. The van der Waals surface area contributed by atoms with Gasteiger partial charge in [-0.05, 0) is 31.0 Å². The highest BCUT2D eigenvalue weighted by Gasteiger charge is 2.27. The highest BCUT2D eigenvalue weighted by molar-refractivity contribution is 5.82. The molecule has 2 aromatic carbocycles. The van der Waals surface area contributed by atoms with Gasteiger partial charge in [-0.2, -0.15) is 0 Å². The number of ether oxygens (including phenoxy) is 1. The predicted molar refractivity (Wildman–Crippen MR) is 99.5 cm³/mol. The molecule has 3 rings (SSSR count). The SMILES string of the molecule is Cc1ccc(OC2CCN(C(=O)[C@@H](N)Cc3ccccc3)CC2)cc1. The fourth-order valence-electron chi connectivity index (χ4n) is 3.19. The molecule has 0 aromatic heterocycles. The van der Waals surface area contributed by atoms with Crippen molar-refractivity contribution in [3.63, 3.8) is 0 Å². The minimum absolute atomic E-state index is 0.0395. The Labute approximate surface area is 149 Å². The largest absolute Gasteiger partial charge is 0.490 e. The Balaban J connectivity index is 1.48. The molecule has 1 heterocycles. The molecule has 0 radical (unpaired) electrons. The zero-order valence-corrected chi connectivity index (χ0v) is 14.7. The van der Waals surface area contributed by atoms with Crippen LogP contribution in [0, 0.1) is 6.92 Å². The highest BCUT2D eigenvalue weighted by Crippen LogP contribution is 2.20. The van der Waals surface area contributed by atoms with E-state index in [1.807, 2.05) is 47.4 Å². The normalized spacial score (nSPS) is 16.5. The van der Waals surface area contributed by atoms with Crippen molar-refractivity contribution in [1.29, 1.82) is 0 Å². The summed E-state index contributed by atoms with van der Waals surface area (Å²) in [6.45, 7) is 3.47. The average Bonchev–Trinajstić information content (AvgIpc) is 2.64. The molecule has 2 N–H and O–H groups in total. The van der Waals surface area contributed by atoms with Crippen LogP contribution in [0.25, 0.3) is 0 Å². The van der Waals surface area contributed by atoms with Gasteiger partial charge >= 0.3 is 0 Å². The number of amides is 1. The summed E-state index contributed by atoms with van der Waals surface area (Å²) in [6.07, 6.45) is 2.44. The van der Waals surface area contributed by atoms with Gasteiger partial charge in [-0.1, -0.05) is 48.0 Å². The Morgan fingerprint density at radius 1 is 1.12 bits per heavy atom. The molecule has 25 heavy (non-hydrogen) atoms. The van der Waals surface area contributed by atoms with Crippen molar-refractivity contribution in [3.05, 3.63) is 65.7 Å². The maximum absolute atomic E-state index is 12.6. The molecule has 1 saturated heterocycles. The summed E-state index contributed by atoms with van der Waals surface area (Å²) in [4.78, 5) is 14.4. The molecule has 132 valence electrons. The van der Waals surface area contributed by atoms with Crippen LogP contribution in [0.4, 0.5) is 0 Å². The number of hydrogen-bond donors (Lipinski definition) is 1. The Kier molecular flexibility index (Phi) is 5.71. The number of hydrogen-bond acceptors (Lipinski definition) is 3. The van der Waals surface area contributed by atoms with Crippen LogP contribution in [-0.2, 0) is 11.2 Å². The first-order valence-corrected chi connectivity index (χ1v) is 8.93. The van der Waals surface area contributed by atoms with Gasteiger partial charge in [0.05, 0.1) is 6.04 Å². The van der Waals surface area contributed by atoms with Crippen molar-refractivity contribution in [2.75, 3.05) is 13.1 Å². The van der Waals surface area contributed by atoms with E-state index in [1.54, 1.807) is 0 Å². The van der Waals surface area contributed by atoms with E-state index in [2.05, 4.69) is 19.1 Å². The first kappa shape index (κ1) is 17.5. The van der Waals surface area contributed by atoms with E-state index in [4.69, 9.17) is 10.5 Å². The van der Waals surface area contributed by atoms with E-state index in [9.17, 15) is 4.79 Å². The van der Waals surface area contributed by atoms with Crippen LogP contribution < -0.4 is 10.5 Å². The van der Waals surface area contributed by atoms with Gasteiger partial charge in [0.25, 0.3) is 0 Å². The third-order valence-electron chi connectivity index (χ3n) is 4.69. The van der Waals surface area contributed by atoms with Crippen molar-refractivity contribution < 1.29 is 9.53 Å². The molecule has 4 heteroatoms. The fraction of sp³-hybridized carbons (Fsp3) is 0.381. The maximum Gasteiger partial charge on any atom is 0.239 e. The number of carbonyl (C=O) groups excluding carboxylic acids is 1. The van der Waals surface area contributed by atoms with Crippen molar-refractivity contribution >= 4 is 5.91 Å². The Morgan fingerprint density at radius 2 is 1.76 bits per heavy atom. The summed E-state index contributed by atoms with van der Waals surface area (Å²) in [5, 5.41) is 0. The van der Waals surface area contributed by atoms with Crippen LogP contribution in [0.15, 0.2) is 54.6 Å². The molecule has 0 spiro atoms. The zero-order valence-electron chi connectivity index (χ0n) is 14.7. The lowest BCUT2D eigenvalue weighted by Crippen LogP contribution is -2.49. The molecule has 1 atom stereocenters. The van der Waals surface area contributed by atoms with E-state index >= 15 is 0 Å². The molecule has 1 fully saturated rings. The summed E-state index contributed by atoms with van der Waals surface area (Å²) < 4.78 is 6.03. The van der Waals surface area contributed by atoms with Crippen LogP contribution in [0.1, 0.15) is 24.0 Å². The predicted octanol–water partition coefficient (Wildman–Crippen LogP) is 2.93. The maximum atomic E-state index is 12.6. The molecular formula is C21H26N2O2. The lowest BCUT2D eigenvalue weighted by Gasteiger charge is -2.33. The summed E-state index contributed by atoms with van der Waals surface area (Å²) >= 11 is 0. The van der Waals surface area contributed by atoms with Crippen molar-refractivity contribution in [2.45, 2.75) is 38.3 Å². The molecule has 0 saturated carbocycles. The summed E-state index contributed by atoms with van der Waals surface area (Å²) in [6, 6.07) is 17.6. The van der Waals surface area contributed by atoms with Gasteiger partial charge in [0.15, 0.2) is 0 Å². The number of rotatable bonds is 5. The van der Waals surface area contributed by atoms with Gasteiger partial charge in [0.2, 0.25) is 5.91 Å². The zero-order chi connectivity index (χ0) is 17.6. The van der Waals surface area contributed by atoms with Crippen molar-refractivity contribution in [2.24, 2.45) is 5.73 Å². The second kappa shape index (κ2) is 8.17. The van der Waals surface area contributed by atoms with E-state index in [-0.39, 0.29) is 12.0 Å². The van der Waals surface area contributed by atoms with E-state index in [0.29, 0.717) is 19.5 Å². The third-order valence-corrected chi connectivity index (χ3v) is 4.69. The lowest BCUT2D eigenvalue weighted by molar-refractivity contribution is -0.134. The number of likely N-dealkylation sites (tertiary alicyclic amines) is 1. The van der Waals surface area contributed by atoms with Crippen LogP contribution in [0.3, 0.4) is 0 Å². The number of aryl methyl sites for hydroxylation is 1. The second-order valence-corrected chi connectivity index (χ2v) is 6.75. The van der Waals surface area contributed by atoms with Crippen LogP contribution in [0.5, 0.6) is 5.75 Å². The summed E-state index contributed by atoms with van der Waals surface area (Å²) in [5.74, 6) is 0.939. The Bertz CT molecular complexity index is 677. The molecule has 0 unspecified atom stereocenters. The quantitative estimate of drug-likeness (QED) is 0.912. The van der Waals surface area contributed by atoms with E-state index in [1.165, 1.54) is 5.56 Å². The smallest absolute Gasteiger partial charge is 0.239 e. The van der Waals surface area contributed by atoms with Gasteiger partial charge in [-0.3, -0.25) is 4.79 Å². The number of nitrogens with zero attached hydrogens (tertiary/aromatic N) is 1. The average molecular weight is 338 g/mol. The van der Waals surface area contributed by atoms with Crippen molar-refractivity contribution in [1.82, 2.24) is 4.90 Å². The molecule has 1 amide bonds. The number of benzene rings is 2.